The van der Waals surface area contributed by atoms with Crippen molar-refractivity contribution in [2.24, 2.45) is 5.84 Å². The van der Waals surface area contributed by atoms with Crippen LogP contribution in [0.2, 0.25) is 0 Å². The van der Waals surface area contributed by atoms with Crippen LogP contribution in [0.1, 0.15) is 30.8 Å². The fraction of sp³-hybridized carbons (Fsp3) is 0.667. The summed E-state index contributed by atoms with van der Waals surface area (Å²) in [6.45, 7) is 3.44. The van der Waals surface area contributed by atoms with Crippen LogP contribution in [0.3, 0.4) is 0 Å². The first kappa shape index (κ1) is 13.2. The summed E-state index contributed by atoms with van der Waals surface area (Å²) in [4.78, 5) is 11.0. The van der Waals surface area contributed by atoms with Crippen molar-refractivity contribution in [3.8, 4) is 0 Å². The molecule has 4 N–H and O–H groups in total. The fourth-order valence-corrected chi connectivity index (χ4v) is 2.23. The monoisotopic (exact) mass is 251 g/mol. The highest BCUT2D eigenvalue weighted by molar-refractivity contribution is 5.33. The number of aliphatic hydroxyl groups excluding tert-OH is 1. The van der Waals surface area contributed by atoms with E-state index >= 15 is 0 Å². The molecule has 2 rings (SSSR count). The number of nitrogens with one attached hydrogen (secondary N) is 1. The van der Waals surface area contributed by atoms with Gasteiger partial charge in [-0.25, -0.2) is 15.8 Å². The van der Waals surface area contributed by atoms with Gasteiger partial charge in [-0.05, 0) is 19.8 Å². The summed E-state index contributed by atoms with van der Waals surface area (Å²) in [5, 5.41) is 9.12. The molecule has 0 aliphatic heterocycles. The van der Waals surface area contributed by atoms with Crippen molar-refractivity contribution in [1.82, 2.24) is 14.9 Å². The van der Waals surface area contributed by atoms with Crippen LogP contribution in [0.5, 0.6) is 0 Å². The lowest BCUT2D eigenvalue weighted by Crippen LogP contribution is -2.41. The molecule has 100 valence electrons. The summed E-state index contributed by atoms with van der Waals surface area (Å²) in [6.07, 6.45) is 3.68. The van der Waals surface area contributed by atoms with E-state index in [1.165, 1.54) is 19.3 Å². The van der Waals surface area contributed by atoms with Crippen molar-refractivity contribution in [3.05, 3.63) is 17.6 Å². The van der Waals surface area contributed by atoms with Crippen LogP contribution in [-0.2, 0) is 6.54 Å². The van der Waals surface area contributed by atoms with Crippen LogP contribution in [-0.4, -0.2) is 39.2 Å². The number of nitrogens with zero attached hydrogens (tertiary/aromatic N) is 3. The van der Waals surface area contributed by atoms with E-state index in [1.54, 1.807) is 0 Å². The number of nitrogen functional groups attached to an aromatic ring is 1. The molecule has 0 atom stereocenters. The van der Waals surface area contributed by atoms with Gasteiger partial charge in [0.2, 0.25) is 0 Å². The molecule has 0 spiro atoms. The molecule has 1 aromatic rings. The first-order valence-electron chi connectivity index (χ1n) is 6.39. The van der Waals surface area contributed by atoms with Gasteiger partial charge in [0.1, 0.15) is 11.6 Å². The van der Waals surface area contributed by atoms with Gasteiger partial charge in [0.15, 0.2) is 0 Å². The number of anilines is 1. The molecule has 6 nitrogen and oxygen atoms in total. The molecule has 0 aromatic carbocycles. The van der Waals surface area contributed by atoms with E-state index in [0.29, 0.717) is 24.9 Å². The lowest BCUT2D eigenvalue weighted by atomic mass is 9.91. The number of aryl methyl sites for hydroxylation is 1. The zero-order chi connectivity index (χ0) is 13.0. The predicted molar refractivity (Wildman–Crippen MR) is 69.7 cm³/mol. The van der Waals surface area contributed by atoms with Crippen molar-refractivity contribution in [3.63, 3.8) is 0 Å². The number of hydrogen-bond acceptors (Lipinski definition) is 6. The summed E-state index contributed by atoms with van der Waals surface area (Å²) >= 11 is 0. The Labute approximate surface area is 107 Å². The predicted octanol–water partition coefficient (Wildman–Crippen LogP) is 0.417. The van der Waals surface area contributed by atoms with Gasteiger partial charge >= 0.3 is 0 Å². The lowest BCUT2D eigenvalue weighted by molar-refractivity contribution is 0.0920. The van der Waals surface area contributed by atoms with E-state index in [2.05, 4.69) is 20.3 Å². The molecule has 0 radical (unpaired) electrons. The molecule has 1 fully saturated rings. The largest absolute Gasteiger partial charge is 0.395 e. The Balaban J connectivity index is 2.07. The Morgan fingerprint density at radius 3 is 2.83 bits per heavy atom. The highest BCUT2D eigenvalue weighted by Crippen LogP contribution is 2.25. The zero-order valence-corrected chi connectivity index (χ0v) is 10.8. The fourth-order valence-electron chi connectivity index (χ4n) is 2.23. The van der Waals surface area contributed by atoms with Gasteiger partial charge in [-0.15, -0.1) is 0 Å². The minimum Gasteiger partial charge on any atom is -0.395 e. The summed E-state index contributed by atoms with van der Waals surface area (Å²) in [5.74, 6) is 6.77. The second-order valence-electron chi connectivity index (χ2n) is 4.73. The van der Waals surface area contributed by atoms with Gasteiger partial charge in [-0.2, -0.15) is 0 Å². The van der Waals surface area contributed by atoms with Crippen molar-refractivity contribution < 1.29 is 5.11 Å². The number of nitrogens with two attached hydrogens (primary N) is 1. The molecule has 1 heterocycles. The Morgan fingerprint density at radius 2 is 2.28 bits per heavy atom. The maximum absolute atomic E-state index is 9.12. The van der Waals surface area contributed by atoms with Gasteiger partial charge in [0, 0.05) is 24.3 Å². The van der Waals surface area contributed by atoms with Crippen molar-refractivity contribution in [1.29, 1.82) is 0 Å². The minimum absolute atomic E-state index is 0.171. The third kappa shape index (κ3) is 3.16. The Morgan fingerprint density at radius 1 is 1.50 bits per heavy atom. The van der Waals surface area contributed by atoms with E-state index in [4.69, 9.17) is 10.9 Å². The normalized spacial score (nSPS) is 15.8. The maximum atomic E-state index is 9.12. The average Bonchev–Trinajstić information content (AvgIpc) is 2.26. The molecule has 6 heteroatoms. The lowest BCUT2D eigenvalue weighted by Gasteiger charge is -2.36. The van der Waals surface area contributed by atoms with Crippen LogP contribution in [0, 0.1) is 6.92 Å². The highest BCUT2D eigenvalue weighted by Gasteiger charge is 2.25. The Kier molecular flexibility index (Phi) is 4.46. The molecular formula is C12H21N5O. The van der Waals surface area contributed by atoms with Crippen LogP contribution in [0.4, 0.5) is 5.82 Å². The smallest absolute Gasteiger partial charge is 0.145 e. The van der Waals surface area contributed by atoms with E-state index in [0.717, 1.165) is 11.5 Å². The van der Waals surface area contributed by atoms with Crippen LogP contribution < -0.4 is 11.3 Å². The quantitative estimate of drug-likeness (QED) is 0.501. The summed E-state index contributed by atoms with van der Waals surface area (Å²) < 4.78 is 0. The molecule has 1 aromatic heterocycles. The second-order valence-corrected chi connectivity index (χ2v) is 4.73. The van der Waals surface area contributed by atoms with Crippen molar-refractivity contribution >= 4 is 5.82 Å². The standard InChI is InChI=1S/C12H21N5O/c1-9-7-11(16-13)15-12(14-9)8-17(5-6-18)10-3-2-4-10/h7,10,18H,2-6,8,13H2,1H3,(H,14,15,16). The van der Waals surface area contributed by atoms with Crippen molar-refractivity contribution in [2.75, 3.05) is 18.6 Å². The number of aliphatic hydroxyl groups is 1. The Bertz CT molecular complexity index is 394. The number of hydrogen-bond donors (Lipinski definition) is 3. The average molecular weight is 251 g/mol. The second kappa shape index (κ2) is 6.08. The molecule has 1 aliphatic rings. The highest BCUT2D eigenvalue weighted by atomic mass is 16.3. The first-order valence-corrected chi connectivity index (χ1v) is 6.39. The van der Waals surface area contributed by atoms with Crippen LogP contribution >= 0.6 is 0 Å². The van der Waals surface area contributed by atoms with Gasteiger partial charge < -0.3 is 10.5 Å². The summed E-state index contributed by atoms with van der Waals surface area (Å²) in [6, 6.07) is 2.37. The summed E-state index contributed by atoms with van der Waals surface area (Å²) in [7, 11) is 0. The topological polar surface area (TPSA) is 87.3 Å². The molecular weight excluding hydrogens is 230 g/mol. The Hall–Kier alpha value is -1.24. The van der Waals surface area contributed by atoms with Crippen LogP contribution in [0.25, 0.3) is 0 Å². The van der Waals surface area contributed by atoms with E-state index < -0.39 is 0 Å². The summed E-state index contributed by atoms with van der Waals surface area (Å²) in [5.41, 5.74) is 3.45. The third-order valence-electron chi connectivity index (χ3n) is 3.37. The molecule has 1 aliphatic carbocycles. The molecule has 0 bridgehead atoms. The molecule has 0 saturated heterocycles. The number of rotatable bonds is 6. The van der Waals surface area contributed by atoms with E-state index in [9.17, 15) is 0 Å². The van der Waals surface area contributed by atoms with E-state index in [-0.39, 0.29) is 6.61 Å². The van der Waals surface area contributed by atoms with Gasteiger partial charge in [-0.1, -0.05) is 6.42 Å². The molecule has 18 heavy (non-hydrogen) atoms. The SMILES string of the molecule is Cc1cc(NN)nc(CN(CCO)C2CCC2)n1. The van der Waals surface area contributed by atoms with Crippen LogP contribution in [0.15, 0.2) is 6.07 Å². The first-order chi connectivity index (χ1) is 8.72. The van der Waals surface area contributed by atoms with Gasteiger partial charge in [0.25, 0.3) is 0 Å². The third-order valence-corrected chi connectivity index (χ3v) is 3.37. The molecule has 1 saturated carbocycles. The number of hydrazine groups is 1. The maximum Gasteiger partial charge on any atom is 0.145 e. The minimum atomic E-state index is 0.171. The van der Waals surface area contributed by atoms with E-state index in [1.807, 2.05) is 13.0 Å². The number of aromatic nitrogens is 2. The van der Waals surface area contributed by atoms with Gasteiger partial charge in [0.05, 0.1) is 13.2 Å². The molecule has 0 unspecified atom stereocenters. The van der Waals surface area contributed by atoms with Gasteiger partial charge in [-0.3, -0.25) is 4.90 Å². The zero-order valence-electron chi connectivity index (χ0n) is 10.8. The molecule has 0 amide bonds. The van der Waals surface area contributed by atoms with Crippen molar-refractivity contribution in [2.45, 2.75) is 38.8 Å².